The average Bonchev–Trinajstić information content (AvgIpc) is 2.47. The summed E-state index contributed by atoms with van der Waals surface area (Å²) in [5.74, 6) is 0.841. The Hall–Kier alpha value is -1.94. The van der Waals surface area contributed by atoms with Crippen LogP contribution < -0.4 is 4.74 Å². The van der Waals surface area contributed by atoms with Crippen LogP contribution in [-0.2, 0) is 0 Å². The van der Waals surface area contributed by atoms with E-state index in [0.29, 0.717) is 5.56 Å². The maximum Gasteiger partial charge on any atom is 0.253 e. The fourth-order valence-electron chi connectivity index (χ4n) is 1.75. The molecule has 0 aliphatic rings. The number of hydrogen-bond acceptors (Lipinski definition) is 3. The monoisotopic (exact) mass is 287 g/mol. The van der Waals surface area contributed by atoms with E-state index in [1.165, 1.54) is 0 Å². The van der Waals surface area contributed by atoms with E-state index in [2.05, 4.69) is 0 Å². The number of rotatable bonds is 4. The molecule has 0 saturated heterocycles. The molecule has 2 rings (SSSR count). The van der Waals surface area contributed by atoms with Crippen LogP contribution in [-0.4, -0.2) is 32.0 Å². The van der Waals surface area contributed by atoms with E-state index in [1.807, 2.05) is 48.5 Å². The molecule has 2 aromatic carbocycles. The van der Waals surface area contributed by atoms with Crippen LogP contribution in [0.1, 0.15) is 10.4 Å². The summed E-state index contributed by atoms with van der Waals surface area (Å²) in [6.45, 7) is 0. The van der Waals surface area contributed by atoms with Crippen molar-refractivity contribution in [3.8, 4) is 5.75 Å². The minimum Gasteiger partial charge on any atom is -0.497 e. The van der Waals surface area contributed by atoms with Gasteiger partial charge in [0.05, 0.1) is 7.11 Å². The predicted octanol–water partition coefficient (Wildman–Crippen LogP) is 3.55. The lowest BCUT2D eigenvalue weighted by molar-refractivity contribution is 0.0827. The minimum absolute atomic E-state index is 0.0121. The predicted molar refractivity (Wildman–Crippen MR) is 81.6 cm³/mol. The molecule has 0 bridgehead atoms. The van der Waals surface area contributed by atoms with E-state index in [-0.39, 0.29) is 5.91 Å². The smallest absolute Gasteiger partial charge is 0.253 e. The van der Waals surface area contributed by atoms with Gasteiger partial charge in [0.1, 0.15) is 5.75 Å². The zero-order chi connectivity index (χ0) is 14.5. The van der Waals surface area contributed by atoms with Gasteiger partial charge in [-0.25, -0.2) is 0 Å². The molecule has 20 heavy (non-hydrogen) atoms. The standard InChI is InChI=1S/C16H17NO2S/c1-17(2)16(18)12-6-4-8-14(10-12)20-15-9-5-7-13(11-15)19-3/h4-11H,1-3H3. The minimum atomic E-state index is 0.0121. The Morgan fingerprint density at radius 3 is 2.35 bits per heavy atom. The van der Waals surface area contributed by atoms with Gasteiger partial charge in [0, 0.05) is 29.4 Å². The molecule has 0 heterocycles. The van der Waals surface area contributed by atoms with Crippen LogP contribution in [0.15, 0.2) is 58.3 Å². The van der Waals surface area contributed by atoms with Gasteiger partial charge in [-0.05, 0) is 36.4 Å². The molecule has 3 nitrogen and oxygen atoms in total. The number of carbonyl (C=O) groups excluding carboxylic acids is 1. The van der Waals surface area contributed by atoms with Gasteiger partial charge in [0.25, 0.3) is 5.91 Å². The Morgan fingerprint density at radius 2 is 1.70 bits per heavy atom. The van der Waals surface area contributed by atoms with Crippen molar-refractivity contribution in [2.45, 2.75) is 9.79 Å². The fourth-order valence-corrected chi connectivity index (χ4v) is 2.68. The number of ether oxygens (including phenoxy) is 1. The zero-order valence-corrected chi connectivity index (χ0v) is 12.6. The van der Waals surface area contributed by atoms with E-state index in [0.717, 1.165) is 15.5 Å². The number of carbonyl (C=O) groups is 1. The summed E-state index contributed by atoms with van der Waals surface area (Å²) < 4.78 is 5.21. The van der Waals surface area contributed by atoms with Crippen LogP contribution in [0.25, 0.3) is 0 Å². The maximum absolute atomic E-state index is 11.9. The first kappa shape index (κ1) is 14.5. The summed E-state index contributed by atoms with van der Waals surface area (Å²) in [6.07, 6.45) is 0. The van der Waals surface area contributed by atoms with Crippen molar-refractivity contribution in [3.63, 3.8) is 0 Å². The molecular formula is C16H17NO2S. The second kappa shape index (κ2) is 6.48. The fraction of sp³-hybridized carbons (Fsp3) is 0.188. The highest BCUT2D eigenvalue weighted by Gasteiger charge is 2.08. The summed E-state index contributed by atoms with van der Waals surface area (Å²) in [7, 11) is 5.16. The average molecular weight is 287 g/mol. The first-order chi connectivity index (χ1) is 9.60. The normalized spacial score (nSPS) is 10.2. The SMILES string of the molecule is COc1cccc(Sc2cccc(C(=O)N(C)C)c2)c1. The molecule has 1 amide bonds. The highest BCUT2D eigenvalue weighted by atomic mass is 32.2. The molecule has 0 unspecified atom stereocenters. The van der Waals surface area contributed by atoms with Crippen LogP contribution in [0.2, 0.25) is 0 Å². The second-order valence-electron chi connectivity index (χ2n) is 4.51. The van der Waals surface area contributed by atoms with E-state index in [9.17, 15) is 4.79 Å². The first-order valence-corrected chi connectivity index (χ1v) is 7.05. The maximum atomic E-state index is 11.9. The molecule has 104 valence electrons. The molecular weight excluding hydrogens is 270 g/mol. The molecule has 0 radical (unpaired) electrons. The molecule has 0 aromatic heterocycles. The molecule has 0 aliphatic carbocycles. The topological polar surface area (TPSA) is 29.5 Å². The Kier molecular flexibility index (Phi) is 4.69. The Morgan fingerprint density at radius 1 is 1.05 bits per heavy atom. The molecule has 2 aromatic rings. The second-order valence-corrected chi connectivity index (χ2v) is 5.66. The first-order valence-electron chi connectivity index (χ1n) is 6.24. The number of benzene rings is 2. The third kappa shape index (κ3) is 3.54. The highest BCUT2D eigenvalue weighted by Crippen LogP contribution is 2.30. The molecule has 0 spiro atoms. The van der Waals surface area contributed by atoms with E-state index in [1.54, 1.807) is 37.9 Å². The summed E-state index contributed by atoms with van der Waals surface area (Å²) in [4.78, 5) is 15.6. The van der Waals surface area contributed by atoms with E-state index < -0.39 is 0 Å². The van der Waals surface area contributed by atoms with Crippen LogP contribution in [0.4, 0.5) is 0 Å². The molecule has 0 atom stereocenters. The summed E-state index contributed by atoms with van der Waals surface area (Å²) in [5, 5.41) is 0. The molecule has 4 heteroatoms. The zero-order valence-electron chi connectivity index (χ0n) is 11.8. The van der Waals surface area contributed by atoms with Gasteiger partial charge in [-0.3, -0.25) is 4.79 Å². The van der Waals surface area contributed by atoms with Gasteiger partial charge >= 0.3 is 0 Å². The lowest BCUT2D eigenvalue weighted by Gasteiger charge is -2.11. The van der Waals surface area contributed by atoms with Gasteiger partial charge in [-0.2, -0.15) is 0 Å². The molecule has 0 fully saturated rings. The molecule has 0 N–H and O–H groups in total. The van der Waals surface area contributed by atoms with Crippen molar-refractivity contribution < 1.29 is 9.53 Å². The number of methoxy groups -OCH3 is 1. The highest BCUT2D eigenvalue weighted by molar-refractivity contribution is 7.99. The van der Waals surface area contributed by atoms with Crippen molar-refractivity contribution >= 4 is 17.7 Å². The lowest BCUT2D eigenvalue weighted by atomic mass is 10.2. The third-order valence-corrected chi connectivity index (χ3v) is 3.74. The number of amides is 1. The van der Waals surface area contributed by atoms with Crippen LogP contribution in [0.3, 0.4) is 0 Å². The third-order valence-electron chi connectivity index (χ3n) is 2.76. The summed E-state index contributed by atoms with van der Waals surface area (Å²) in [5.41, 5.74) is 0.697. The van der Waals surface area contributed by atoms with Crippen LogP contribution in [0.5, 0.6) is 5.75 Å². The molecule has 0 aliphatic heterocycles. The van der Waals surface area contributed by atoms with Crippen molar-refractivity contribution in [1.29, 1.82) is 0 Å². The number of nitrogens with zero attached hydrogens (tertiary/aromatic N) is 1. The number of hydrogen-bond donors (Lipinski definition) is 0. The summed E-state index contributed by atoms with van der Waals surface area (Å²) in [6, 6.07) is 15.5. The quantitative estimate of drug-likeness (QED) is 0.861. The van der Waals surface area contributed by atoms with Crippen molar-refractivity contribution in [1.82, 2.24) is 4.90 Å². The van der Waals surface area contributed by atoms with Gasteiger partial charge < -0.3 is 9.64 Å². The van der Waals surface area contributed by atoms with Crippen molar-refractivity contribution in [2.75, 3.05) is 21.2 Å². The van der Waals surface area contributed by atoms with E-state index in [4.69, 9.17) is 4.74 Å². The van der Waals surface area contributed by atoms with Crippen molar-refractivity contribution in [3.05, 3.63) is 54.1 Å². The Bertz CT molecular complexity index is 611. The van der Waals surface area contributed by atoms with E-state index >= 15 is 0 Å². The van der Waals surface area contributed by atoms with Gasteiger partial charge in [0.2, 0.25) is 0 Å². The Balaban J connectivity index is 2.21. The van der Waals surface area contributed by atoms with Gasteiger partial charge in [-0.1, -0.05) is 23.9 Å². The largest absolute Gasteiger partial charge is 0.497 e. The van der Waals surface area contributed by atoms with Crippen LogP contribution in [0, 0.1) is 0 Å². The molecule has 0 saturated carbocycles. The van der Waals surface area contributed by atoms with Gasteiger partial charge in [-0.15, -0.1) is 0 Å². The van der Waals surface area contributed by atoms with Gasteiger partial charge in [0.15, 0.2) is 0 Å². The Labute approximate surface area is 123 Å². The van der Waals surface area contributed by atoms with Crippen molar-refractivity contribution in [2.24, 2.45) is 0 Å². The van der Waals surface area contributed by atoms with Crippen LogP contribution >= 0.6 is 11.8 Å². The lowest BCUT2D eigenvalue weighted by Crippen LogP contribution is -2.21. The summed E-state index contributed by atoms with van der Waals surface area (Å²) >= 11 is 1.61.